The van der Waals surface area contributed by atoms with Crippen LogP contribution in [0.2, 0.25) is 0 Å². The highest BCUT2D eigenvalue weighted by molar-refractivity contribution is 9.10. The van der Waals surface area contributed by atoms with E-state index in [2.05, 4.69) is 26.0 Å². The Morgan fingerprint density at radius 1 is 1.19 bits per heavy atom. The molecule has 0 unspecified atom stereocenters. The van der Waals surface area contributed by atoms with Crippen molar-refractivity contribution in [2.75, 3.05) is 5.32 Å². The van der Waals surface area contributed by atoms with Crippen LogP contribution in [0, 0.1) is 12.7 Å². The Hall–Kier alpha value is -1.69. The van der Waals surface area contributed by atoms with Gasteiger partial charge in [0.05, 0.1) is 5.69 Å². The smallest absolute Gasteiger partial charge is 0.387 e. The number of halogens is 4. The van der Waals surface area contributed by atoms with Gasteiger partial charge in [-0.3, -0.25) is 0 Å². The van der Waals surface area contributed by atoms with E-state index < -0.39 is 6.61 Å². The number of anilines is 1. The first-order chi connectivity index (χ1) is 9.95. The number of rotatable bonds is 5. The van der Waals surface area contributed by atoms with E-state index >= 15 is 0 Å². The molecule has 0 bridgehead atoms. The van der Waals surface area contributed by atoms with Crippen LogP contribution in [0.4, 0.5) is 18.9 Å². The van der Waals surface area contributed by atoms with Gasteiger partial charge in [0, 0.05) is 16.6 Å². The Bertz CT molecular complexity index is 634. The van der Waals surface area contributed by atoms with Crippen molar-refractivity contribution in [2.45, 2.75) is 20.1 Å². The van der Waals surface area contributed by atoms with Crippen molar-refractivity contribution in [3.63, 3.8) is 0 Å². The van der Waals surface area contributed by atoms with E-state index in [0.29, 0.717) is 11.3 Å². The van der Waals surface area contributed by atoms with Gasteiger partial charge in [0.25, 0.3) is 0 Å². The Balaban J connectivity index is 2.16. The van der Waals surface area contributed by atoms with Gasteiger partial charge < -0.3 is 10.1 Å². The maximum absolute atomic E-state index is 13.7. The van der Waals surface area contributed by atoms with Crippen LogP contribution >= 0.6 is 15.9 Å². The average Bonchev–Trinajstić information content (AvgIpc) is 2.40. The minimum atomic E-state index is -2.90. The molecule has 0 saturated heterocycles. The second-order valence-electron chi connectivity index (χ2n) is 4.47. The second kappa shape index (κ2) is 6.85. The van der Waals surface area contributed by atoms with Crippen LogP contribution in [-0.2, 0) is 6.54 Å². The average molecular weight is 360 g/mol. The van der Waals surface area contributed by atoms with E-state index in [1.165, 1.54) is 12.1 Å². The molecule has 6 heteroatoms. The first kappa shape index (κ1) is 15.7. The highest BCUT2D eigenvalue weighted by Crippen LogP contribution is 2.26. The van der Waals surface area contributed by atoms with E-state index in [1.807, 2.05) is 0 Å². The molecule has 0 atom stereocenters. The Labute approximate surface area is 129 Å². The van der Waals surface area contributed by atoms with E-state index in [0.717, 1.165) is 10.0 Å². The maximum Gasteiger partial charge on any atom is 0.387 e. The first-order valence-electron chi connectivity index (χ1n) is 6.19. The summed E-state index contributed by atoms with van der Waals surface area (Å²) in [4.78, 5) is 0. The van der Waals surface area contributed by atoms with Gasteiger partial charge in [-0.15, -0.1) is 0 Å². The highest BCUT2D eigenvalue weighted by Gasteiger charge is 2.11. The molecule has 0 aliphatic carbocycles. The molecule has 21 heavy (non-hydrogen) atoms. The number of hydrogen-bond donors (Lipinski definition) is 1. The lowest BCUT2D eigenvalue weighted by atomic mass is 10.2. The molecule has 112 valence electrons. The van der Waals surface area contributed by atoms with Crippen LogP contribution in [0.5, 0.6) is 5.75 Å². The third-order valence-electron chi connectivity index (χ3n) is 2.83. The van der Waals surface area contributed by atoms with Crippen LogP contribution in [0.3, 0.4) is 0 Å². The maximum atomic E-state index is 13.7. The van der Waals surface area contributed by atoms with E-state index in [9.17, 15) is 13.2 Å². The van der Waals surface area contributed by atoms with Gasteiger partial charge in [-0.2, -0.15) is 8.78 Å². The zero-order chi connectivity index (χ0) is 15.4. The van der Waals surface area contributed by atoms with Crippen LogP contribution in [0.1, 0.15) is 11.1 Å². The Morgan fingerprint density at radius 3 is 2.62 bits per heavy atom. The normalized spacial score (nSPS) is 10.8. The summed E-state index contributed by atoms with van der Waals surface area (Å²) in [5, 5.41) is 2.88. The molecule has 1 N–H and O–H groups in total. The van der Waals surface area contributed by atoms with Gasteiger partial charge in [-0.1, -0.05) is 22.0 Å². The molecule has 0 fully saturated rings. The van der Waals surface area contributed by atoms with Crippen molar-refractivity contribution in [1.82, 2.24) is 0 Å². The fraction of sp³-hybridized carbons (Fsp3) is 0.200. The molecule has 0 aromatic heterocycles. The van der Waals surface area contributed by atoms with Crippen molar-refractivity contribution in [1.29, 1.82) is 0 Å². The lowest BCUT2D eigenvalue weighted by Gasteiger charge is -2.13. The number of benzene rings is 2. The molecule has 0 aliphatic heterocycles. The largest absolute Gasteiger partial charge is 0.434 e. The quantitative estimate of drug-likeness (QED) is 0.800. The van der Waals surface area contributed by atoms with Gasteiger partial charge in [0.1, 0.15) is 11.6 Å². The molecule has 0 saturated carbocycles. The molecule has 2 rings (SSSR count). The molecule has 0 heterocycles. The molecule has 0 aliphatic rings. The molecule has 2 nitrogen and oxygen atoms in total. The molecule has 0 radical (unpaired) electrons. The zero-order valence-corrected chi connectivity index (χ0v) is 12.8. The molecular weight excluding hydrogens is 347 g/mol. The minimum Gasteiger partial charge on any atom is -0.434 e. The predicted octanol–water partition coefficient (Wildman–Crippen LogP) is 5.11. The fourth-order valence-corrected chi connectivity index (χ4v) is 2.26. The summed E-state index contributed by atoms with van der Waals surface area (Å²) in [6, 6.07) is 9.47. The molecule has 2 aromatic carbocycles. The zero-order valence-electron chi connectivity index (χ0n) is 11.2. The summed E-state index contributed by atoms with van der Waals surface area (Å²) >= 11 is 3.27. The molecular formula is C15H13BrF3NO. The number of alkyl halides is 2. The molecule has 2 aromatic rings. The molecule has 0 spiro atoms. The number of nitrogens with one attached hydrogen (secondary N) is 1. The van der Waals surface area contributed by atoms with Crippen molar-refractivity contribution in [3.05, 3.63) is 57.8 Å². The van der Waals surface area contributed by atoms with Crippen LogP contribution in [-0.4, -0.2) is 6.61 Å². The summed E-state index contributed by atoms with van der Waals surface area (Å²) in [5.41, 5.74) is 1.62. The van der Waals surface area contributed by atoms with Gasteiger partial charge in [0.15, 0.2) is 0 Å². The Kier molecular flexibility index (Phi) is 5.12. The lowest BCUT2D eigenvalue weighted by molar-refractivity contribution is -0.0504. The summed E-state index contributed by atoms with van der Waals surface area (Å²) in [6.07, 6.45) is 0. The number of aryl methyl sites for hydroxylation is 1. The summed E-state index contributed by atoms with van der Waals surface area (Å²) in [5.74, 6) is -0.324. The van der Waals surface area contributed by atoms with Crippen molar-refractivity contribution in [3.8, 4) is 5.75 Å². The predicted molar refractivity (Wildman–Crippen MR) is 79.2 cm³/mol. The number of hydrogen-bond acceptors (Lipinski definition) is 2. The van der Waals surface area contributed by atoms with E-state index in [-0.39, 0.29) is 18.1 Å². The molecule has 0 amide bonds. The Morgan fingerprint density at radius 2 is 1.95 bits per heavy atom. The van der Waals surface area contributed by atoms with Crippen LogP contribution in [0.15, 0.2) is 40.9 Å². The highest BCUT2D eigenvalue weighted by atomic mass is 79.9. The minimum absolute atomic E-state index is 0.0632. The third-order valence-corrected chi connectivity index (χ3v) is 3.33. The van der Waals surface area contributed by atoms with Gasteiger partial charge in [-0.05, 0) is 42.8 Å². The van der Waals surface area contributed by atoms with E-state index in [4.69, 9.17) is 0 Å². The first-order valence-corrected chi connectivity index (χ1v) is 6.98. The lowest BCUT2D eigenvalue weighted by Crippen LogP contribution is -2.08. The monoisotopic (exact) mass is 359 g/mol. The summed E-state index contributed by atoms with van der Waals surface area (Å²) in [7, 11) is 0. The third kappa shape index (κ3) is 4.39. The van der Waals surface area contributed by atoms with Gasteiger partial charge >= 0.3 is 6.61 Å². The van der Waals surface area contributed by atoms with Crippen molar-refractivity contribution < 1.29 is 17.9 Å². The fourth-order valence-electron chi connectivity index (χ4n) is 1.85. The van der Waals surface area contributed by atoms with Crippen LogP contribution < -0.4 is 10.1 Å². The SMILES string of the molecule is Cc1ccc(NCc2cc(Br)ccc2OC(F)F)c(F)c1. The second-order valence-corrected chi connectivity index (χ2v) is 5.38. The van der Waals surface area contributed by atoms with Gasteiger partial charge in [-0.25, -0.2) is 4.39 Å². The number of ether oxygens (including phenoxy) is 1. The van der Waals surface area contributed by atoms with Crippen molar-refractivity contribution in [2.24, 2.45) is 0 Å². The summed E-state index contributed by atoms with van der Waals surface area (Å²) < 4.78 is 43.6. The topological polar surface area (TPSA) is 21.3 Å². The van der Waals surface area contributed by atoms with E-state index in [1.54, 1.807) is 31.2 Å². The van der Waals surface area contributed by atoms with Crippen molar-refractivity contribution >= 4 is 21.6 Å². The van der Waals surface area contributed by atoms with Crippen LogP contribution in [0.25, 0.3) is 0 Å². The summed E-state index contributed by atoms with van der Waals surface area (Å²) in [6.45, 7) is -0.946. The standard InChI is InChI=1S/C15H13BrF3NO/c1-9-2-4-13(12(17)6-9)20-8-10-7-11(16)3-5-14(10)21-15(18)19/h2-7,15,20H,8H2,1H3. The van der Waals surface area contributed by atoms with Gasteiger partial charge in [0.2, 0.25) is 0 Å².